The summed E-state index contributed by atoms with van der Waals surface area (Å²) >= 11 is -0.670. The van der Waals surface area contributed by atoms with E-state index in [1.54, 1.807) is 14.3 Å². The van der Waals surface area contributed by atoms with Crippen molar-refractivity contribution in [3.8, 4) is 6.07 Å². The third-order valence-electron chi connectivity index (χ3n) is 6.97. The fraction of sp³-hybridized carbons (Fsp3) is 0.667. The van der Waals surface area contributed by atoms with E-state index >= 15 is 0 Å². The van der Waals surface area contributed by atoms with Gasteiger partial charge < -0.3 is 0 Å². The molecule has 2 aliphatic rings. The van der Waals surface area contributed by atoms with Crippen LogP contribution in [0.4, 0.5) is 4.79 Å². The average molecular weight is 660 g/mol. The predicted molar refractivity (Wildman–Crippen MR) is 141 cm³/mol. The Kier molecular flexibility index (Phi) is 10.4. The SMILES string of the molecule is CCS(=O)(=O)N1CCC(c2ccc(C[C@@H](C#N)NC(=O)[C@@H]3[C@H](C)CC[I-]N3C(=O)OC(C)(C)C)cc2)CC1. The predicted octanol–water partition coefficient (Wildman–Crippen LogP) is 0.416. The molecule has 2 amide bonds. The molecule has 11 heteroatoms. The van der Waals surface area contributed by atoms with Gasteiger partial charge in [0.2, 0.25) is 10.0 Å². The number of carbonyl (C=O) groups excluding carboxylic acids is 2. The smallest absolute Gasteiger partial charge is 0.0140 e. The molecule has 1 aromatic carbocycles. The Morgan fingerprint density at radius 1 is 1.18 bits per heavy atom. The number of alkyl halides is 1. The van der Waals surface area contributed by atoms with Crippen LogP contribution in [0.25, 0.3) is 0 Å². The maximum atomic E-state index is 13.3. The minimum atomic E-state index is -3.15. The van der Waals surface area contributed by atoms with Crippen molar-refractivity contribution in [3.63, 3.8) is 0 Å². The van der Waals surface area contributed by atoms with Gasteiger partial charge >= 0.3 is 190 Å². The number of nitrogens with one attached hydrogen (secondary N) is 1. The zero-order valence-electron chi connectivity index (χ0n) is 22.9. The molecule has 1 aromatic rings. The van der Waals surface area contributed by atoms with E-state index in [1.807, 2.05) is 52.0 Å². The van der Waals surface area contributed by atoms with Gasteiger partial charge in [0.1, 0.15) is 0 Å². The molecule has 38 heavy (non-hydrogen) atoms. The summed E-state index contributed by atoms with van der Waals surface area (Å²) in [5, 5.41) is 12.7. The minimum Gasteiger partial charge on any atom is 0.0140 e. The first kappa shape index (κ1) is 30.6. The number of carbonyl (C=O) groups is 2. The van der Waals surface area contributed by atoms with Crippen LogP contribution in [0.1, 0.15) is 70.9 Å². The van der Waals surface area contributed by atoms with Gasteiger partial charge in [-0.1, -0.05) is 0 Å². The van der Waals surface area contributed by atoms with Gasteiger partial charge in [-0.05, 0) is 6.92 Å². The van der Waals surface area contributed by atoms with Gasteiger partial charge in [-0.3, -0.25) is 0 Å². The van der Waals surface area contributed by atoms with Crippen LogP contribution in [0.15, 0.2) is 24.3 Å². The molecule has 1 N–H and O–H groups in total. The molecule has 9 nitrogen and oxygen atoms in total. The summed E-state index contributed by atoms with van der Waals surface area (Å²) < 4.78 is 33.9. The van der Waals surface area contributed by atoms with E-state index < -0.39 is 55.3 Å². The second-order valence-corrected chi connectivity index (χ2v) is 16.1. The van der Waals surface area contributed by atoms with E-state index in [4.69, 9.17) is 4.74 Å². The molecule has 2 heterocycles. The van der Waals surface area contributed by atoms with Crippen molar-refractivity contribution in [1.29, 1.82) is 5.26 Å². The molecule has 0 aliphatic carbocycles. The van der Waals surface area contributed by atoms with Crippen LogP contribution in [0.2, 0.25) is 0 Å². The first-order valence-electron chi connectivity index (χ1n) is 13.2. The van der Waals surface area contributed by atoms with Crippen molar-refractivity contribution in [3.05, 3.63) is 35.4 Å². The summed E-state index contributed by atoms with van der Waals surface area (Å²) in [6.07, 6.45) is 2.34. The number of nitriles is 1. The molecule has 2 aliphatic heterocycles. The molecule has 0 radical (unpaired) electrons. The van der Waals surface area contributed by atoms with E-state index in [0.717, 1.165) is 34.8 Å². The summed E-state index contributed by atoms with van der Waals surface area (Å²) in [5.41, 5.74) is 1.45. The van der Waals surface area contributed by atoms with E-state index in [0.29, 0.717) is 25.4 Å². The number of amides is 2. The fourth-order valence-corrected chi connectivity index (χ4v) is 9.31. The Morgan fingerprint density at radius 3 is 2.37 bits per heavy atom. The maximum absolute atomic E-state index is 13.3. The Hall–Kier alpha value is -1.91. The number of hydrogen-bond donors (Lipinski definition) is 1. The average Bonchev–Trinajstić information content (AvgIpc) is 2.87. The van der Waals surface area contributed by atoms with Crippen LogP contribution in [-0.4, -0.2) is 68.8 Å². The number of nitrogens with zero attached hydrogens (tertiary/aromatic N) is 3. The number of piperidine rings is 1. The quantitative estimate of drug-likeness (QED) is 0.258. The summed E-state index contributed by atoms with van der Waals surface area (Å²) in [7, 11) is -3.15. The Balaban J connectivity index is 1.60. The van der Waals surface area contributed by atoms with Crippen LogP contribution < -0.4 is 26.8 Å². The first-order chi connectivity index (χ1) is 17.8. The third-order valence-corrected chi connectivity index (χ3v) is 11.7. The van der Waals surface area contributed by atoms with E-state index in [2.05, 4.69) is 11.4 Å². The van der Waals surface area contributed by atoms with Crippen LogP contribution in [0, 0.1) is 17.2 Å². The van der Waals surface area contributed by atoms with Crippen molar-refractivity contribution in [2.24, 2.45) is 5.92 Å². The molecule has 212 valence electrons. The fourth-order valence-electron chi connectivity index (χ4n) is 4.79. The van der Waals surface area contributed by atoms with Gasteiger partial charge in [0.05, 0.1) is 5.75 Å². The number of benzene rings is 1. The van der Waals surface area contributed by atoms with Gasteiger partial charge in [0, 0.05) is 13.1 Å². The molecule has 0 aromatic heterocycles. The molecule has 3 rings (SSSR count). The zero-order valence-corrected chi connectivity index (χ0v) is 25.9. The summed E-state index contributed by atoms with van der Waals surface area (Å²) in [4.78, 5) is 26.1. The molecule has 2 fully saturated rings. The van der Waals surface area contributed by atoms with E-state index in [9.17, 15) is 23.3 Å². The van der Waals surface area contributed by atoms with Gasteiger partial charge in [-0.25, -0.2) is 12.7 Å². The molecule has 0 spiro atoms. The normalized spacial score (nSPS) is 22.6. The topological polar surface area (TPSA) is 120 Å². The van der Waals surface area contributed by atoms with Gasteiger partial charge in [-0.2, -0.15) is 0 Å². The van der Waals surface area contributed by atoms with Crippen molar-refractivity contribution >= 4 is 22.0 Å². The van der Waals surface area contributed by atoms with Gasteiger partial charge in [0.25, 0.3) is 0 Å². The molecule has 2 saturated heterocycles. The standard InChI is InChI=1S/C27H40IN4O5S/c1-6-38(35,36)31-15-12-22(13-16-31)21-9-7-20(8-10-21)17-23(18-29)30-25(33)24-19(2)11-14-28-32(24)26(34)37-27(3,4)5/h7-10,19,22-24H,6,11-17H2,1-5H3,(H,30,33)/q-1/t19-,23+,24+/m1/s1. The minimum absolute atomic E-state index is 0.0201. The third kappa shape index (κ3) is 8.05. The second-order valence-electron chi connectivity index (χ2n) is 11.0. The monoisotopic (exact) mass is 659 g/mol. The zero-order chi connectivity index (χ0) is 28.1. The number of rotatable bonds is 7. The van der Waals surface area contributed by atoms with Crippen molar-refractivity contribution in [2.45, 2.75) is 83.9 Å². The van der Waals surface area contributed by atoms with Gasteiger partial charge in [-0.15, -0.1) is 0 Å². The van der Waals surface area contributed by atoms with Gasteiger partial charge in [0.15, 0.2) is 0 Å². The molecule has 0 saturated carbocycles. The Labute approximate surface area is 237 Å². The molecular weight excluding hydrogens is 619 g/mol. The van der Waals surface area contributed by atoms with Crippen molar-refractivity contribution < 1.29 is 44.2 Å². The molecule has 0 unspecified atom stereocenters. The Bertz CT molecular complexity index is 1120. The van der Waals surface area contributed by atoms with Crippen LogP contribution in [-0.2, 0) is 26.0 Å². The van der Waals surface area contributed by atoms with Crippen molar-refractivity contribution in [2.75, 3.05) is 23.3 Å². The number of sulfonamides is 1. The first-order valence-corrected chi connectivity index (χ1v) is 17.3. The second kappa shape index (κ2) is 13.0. The van der Waals surface area contributed by atoms with Crippen molar-refractivity contribution in [1.82, 2.24) is 12.7 Å². The molecule has 3 atom stereocenters. The molecular formula is C27H40IN4O5S-. The van der Waals surface area contributed by atoms with E-state index in [-0.39, 0.29) is 17.6 Å². The molecule has 0 bridgehead atoms. The summed E-state index contributed by atoms with van der Waals surface area (Å²) in [6.45, 7) is 10.1. The Morgan fingerprint density at radius 2 is 1.82 bits per heavy atom. The summed E-state index contributed by atoms with van der Waals surface area (Å²) in [5.74, 6) is 0.102. The number of halogens is 1. The summed E-state index contributed by atoms with van der Waals surface area (Å²) in [6, 6.07) is 8.88. The van der Waals surface area contributed by atoms with Crippen LogP contribution in [0.5, 0.6) is 0 Å². The van der Waals surface area contributed by atoms with E-state index in [1.165, 1.54) is 0 Å². The number of hydrogen-bond acceptors (Lipinski definition) is 6. The number of ether oxygens (including phenoxy) is 1. The van der Waals surface area contributed by atoms with Crippen LogP contribution >= 0.6 is 0 Å². The van der Waals surface area contributed by atoms with Crippen LogP contribution in [0.3, 0.4) is 0 Å².